The van der Waals surface area contributed by atoms with Crippen LogP contribution in [-0.2, 0) is 20.8 Å². The van der Waals surface area contributed by atoms with E-state index in [4.69, 9.17) is 28.8 Å². The van der Waals surface area contributed by atoms with Crippen molar-refractivity contribution in [1.82, 2.24) is 34.5 Å². The van der Waals surface area contributed by atoms with Crippen LogP contribution in [0.2, 0.25) is 0 Å². The van der Waals surface area contributed by atoms with Gasteiger partial charge in [-0.05, 0) is 37.5 Å². The number of ether oxygens (including phenoxy) is 5. The van der Waals surface area contributed by atoms with Crippen LogP contribution in [0.25, 0.3) is 11.1 Å². The first-order valence-electron chi connectivity index (χ1n) is 16.1. The third-order valence-corrected chi connectivity index (χ3v) is 7.70. The lowest BCUT2D eigenvalue weighted by Crippen LogP contribution is -2.20. The molecule has 4 aromatic rings. The number of anilines is 2. The van der Waals surface area contributed by atoms with Gasteiger partial charge in [0.05, 0.1) is 57.4 Å². The fourth-order valence-corrected chi connectivity index (χ4v) is 5.29. The van der Waals surface area contributed by atoms with Crippen LogP contribution < -0.4 is 14.8 Å². The Labute approximate surface area is 275 Å². The van der Waals surface area contributed by atoms with Gasteiger partial charge in [0.15, 0.2) is 0 Å². The monoisotopic (exact) mass is 645 g/mol. The van der Waals surface area contributed by atoms with Crippen molar-refractivity contribution in [2.24, 2.45) is 0 Å². The molecule has 47 heavy (non-hydrogen) atoms. The summed E-state index contributed by atoms with van der Waals surface area (Å²) < 4.78 is 32.0. The Bertz CT molecular complexity index is 1530. The van der Waals surface area contributed by atoms with Gasteiger partial charge in [-0.3, -0.25) is 4.68 Å². The molecular formula is C33H43N9O5. The van der Waals surface area contributed by atoms with Crippen molar-refractivity contribution in [2.75, 3.05) is 52.1 Å². The van der Waals surface area contributed by atoms with E-state index in [0.29, 0.717) is 87.5 Å². The first-order valence-corrected chi connectivity index (χ1v) is 16.1. The maximum absolute atomic E-state index is 9.65. The van der Waals surface area contributed by atoms with Crippen molar-refractivity contribution < 1.29 is 23.7 Å². The number of methoxy groups -OCH3 is 1. The van der Waals surface area contributed by atoms with Gasteiger partial charge in [0.1, 0.15) is 36.3 Å². The largest absolute Gasteiger partial charge is 0.487 e. The van der Waals surface area contributed by atoms with Crippen LogP contribution >= 0.6 is 0 Å². The molecule has 250 valence electrons. The van der Waals surface area contributed by atoms with Crippen molar-refractivity contribution in [3.8, 4) is 28.8 Å². The van der Waals surface area contributed by atoms with Crippen LogP contribution in [0.15, 0.2) is 49.4 Å². The van der Waals surface area contributed by atoms with Gasteiger partial charge in [-0.15, -0.1) is 5.10 Å². The maximum Gasteiger partial charge on any atom is 0.256 e. The predicted octanol–water partition coefficient (Wildman–Crippen LogP) is 4.97. The minimum absolute atomic E-state index is 0.230. The first-order chi connectivity index (χ1) is 23.1. The molecule has 1 N–H and O–H groups in total. The summed E-state index contributed by atoms with van der Waals surface area (Å²) >= 11 is 0. The zero-order chi connectivity index (χ0) is 32.7. The molecule has 14 nitrogen and oxygen atoms in total. The van der Waals surface area contributed by atoms with E-state index in [-0.39, 0.29) is 6.10 Å². The second-order valence-electron chi connectivity index (χ2n) is 11.3. The summed E-state index contributed by atoms with van der Waals surface area (Å²) in [4.78, 5) is 13.1. The number of benzene rings is 1. The first kappa shape index (κ1) is 33.8. The summed E-state index contributed by atoms with van der Waals surface area (Å²) in [6.45, 7) is 5.64. The van der Waals surface area contributed by atoms with E-state index in [2.05, 4.69) is 31.4 Å². The molecule has 0 spiro atoms. The topological polar surface area (TPSA) is 156 Å². The van der Waals surface area contributed by atoms with Gasteiger partial charge in [0.2, 0.25) is 5.95 Å². The number of rotatable bonds is 19. The van der Waals surface area contributed by atoms with Crippen LogP contribution in [0.1, 0.15) is 57.1 Å². The summed E-state index contributed by atoms with van der Waals surface area (Å²) in [6, 6.07) is 7.98. The second-order valence-corrected chi connectivity index (χ2v) is 11.3. The minimum Gasteiger partial charge on any atom is -0.487 e. The van der Waals surface area contributed by atoms with E-state index in [0.717, 1.165) is 24.0 Å². The summed E-state index contributed by atoms with van der Waals surface area (Å²) in [7, 11) is 1.65. The number of nitrogens with zero attached hydrogens (tertiary/aromatic N) is 8. The third kappa shape index (κ3) is 10.2. The molecular weight excluding hydrogens is 602 g/mol. The van der Waals surface area contributed by atoms with Crippen LogP contribution in [0.3, 0.4) is 0 Å². The lowest BCUT2D eigenvalue weighted by atomic mass is 9.96. The average Bonchev–Trinajstić information content (AvgIpc) is 3.76. The van der Waals surface area contributed by atoms with Crippen molar-refractivity contribution >= 4 is 11.6 Å². The predicted molar refractivity (Wildman–Crippen MR) is 174 cm³/mol. The van der Waals surface area contributed by atoms with Gasteiger partial charge >= 0.3 is 0 Å². The summed E-state index contributed by atoms with van der Waals surface area (Å²) in [5.41, 5.74) is 2.77. The van der Waals surface area contributed by atoms with Crippen LogP contribution in [-0.4, -0.2) is 87.4 Å². The highest BCUT2D eigenvalue weighted by Gasteiger charge is 2.20. The van der Waals surface area contributed by atoms with E-state index < -0.39 is 0 Å². The molecule has 0 amide bonds. The molecule has 3 aromatic heterocycles. The number of nitriles is 1. The van der Waals surface area contributed by atoms with Gasteiger partial charge in [-0.1, -0.05) is 25.3 Å². The quantitative estimate of drug-likeness (QED) is 0.137. The smallest absolute Gasteiger partial charge is 0.256 e. The van der Waals surface area contributed by atoms with Gasteiger partial charge < -0.3 is 29.0 Å². The Morgan fingerprint density at radius 1 is 1.00 bits per heavy atom. The number of aromatic nitrogens is 7. The van der Waals surface area contributed by atoms with Gasteiger partial charge in [0, 0.05) is 38.1 Å². The Morgan fingerprint density at radius 3 is 2.53 bits per heavy atom. The Balaban J connectivity index is 1.20. The summed E-state index contributed by atoms with van der Waals surface area (Å²) in [5, 5.41) is 21.9. The second kappa shape index (κ2) is 17.9. The lowest BCUT2D eigenvalue weighted by Gasteiger charge is -2.21. The molecule has 14 heteroatoms. The molecule has 1 aliphatic rings. The van der Waals surface area contributed by atoms with Gasteiger partial charge in [-0.25, -0.2) is 19.6 Å². The van der Waals surface area contributed by atoms with E-state index >= 15 is 0 Å². The zero-order valence-corrected chi connectivity index (χ0v) is 27.1. The standard InChI is InChI=1S/C33H43N9O5/c1-25(21-41-24-35-23-38-41)47-31-17-26(9-10-27(31)18-34)28-19-36-33(37-20-28)39-30-22-42(29-7-4-3-5-8-29)40-32(30)46-12-6-11-44-15-16-45-14-13-43-2/h9-10,17,19-20,22-25,29H,3-8,11-16,21H2,1-2H3,(H,36,37,39)/t25-/m0/s1. The fraction of sp³-hybridized carbons (Fsp3) is 0.515. The van der Waals surface area contributed by atoms with Crippen LogP contribution in [0, 0.1) is 11.3 Å². The average molecular weight is 646 g/mol. The van der Waals surface area contributed by atoms with Crippen LogP contribution in [0.4, 0.5) is 11.6 Å². The summed E-state index contributed by atoms with van der Waals surface area (Å²) in [5.74, 6) is 1.42. The molecule has 5 rings (SSSR count). The van der Waals surface area contributed by atoms with Crippen molar-refractivity contribution in [3.05, 3.63) is 55.0 Å². The molecule has 0 aliphatic heterocycles. The maximum atomic E-state index is 9.65. The zero-order valence-electron chi connectivity index (χ0n) is 27.1. The van der Waals surface area contributed by atoms with E-state index in [1.165, 1.54) is 25.6 Å². The van der Waals surface area contributed by atoms with E-state index in [9.17, 15) is 5.26 Å². The molecule has 1 aromatic carbocycles. The Kier molecular flexibility index (Phi) is 12.9. The fourth-order valence-electron chi connectivity index (χ4n) is 5.29. The van der Waals surface area contributed by atoms with Crippen molar-refractivity contribution in [3.63, 3.8) is 0 Å². The highest BCUT2D eigenvalue weighted by atomic mass is 16.5. The normalized spacial score (nSPS) is 14.1. The Morgan fingerprint density at radius 2 is 1.79 bits per heavy atom. The number of hydrogen-bond donors (Lipinski definition) is 1. The molecule has 0 radical (unpaired) electrons. The van der Waals surface area contributed by atoms with Crippen molar-refractivity contribution in [2.45, 2.75) is 64.1 Å². The molecule has 1 fully saturated rings. The molecule has 3 heterocycles. The van der Waals surface area contributed by atoms with E-state index in [1.807, 2.05) is 29.9 Å². The van der Waals surface area contributed by atoms with Gasteiger partial charge in [-0.2, -0.15) is 10.4 Å². The molecule has 0 unspecified atom stereocenters. The SMILES string of the molecule is COCCOCCOCCCOc1nn(C2CCCCC2)cc1Nc1ncc(-c2ccc(C#N)c(O[C@@H](C)Cn3cncn3)c2)cn1. The Hall–Kier alpha value is -4.58. The minimum atomic E-state index is -0.230. The molecule has 0 saturated heterocycles. The summed E-state index contributed by atoms with van der Waals surface area (Å²) in [6.07, 6.45) is 14.9. The number of hydrogen-bond acceptors (Lipinski definition) is 12. The lowest BCUT2D eigenvalue weighted by molar-refractivity contribution is 0.0223. The highest BCUT2D eigenvalue weighted by molar-refractivity contribution is 5.67. The van der Waals surface area contributed by atoms with Gasteiger partial charge in [0.25, 0.3) is 5.88 Å². The molecule has 1 atom stereocenters. The van der Waals surface area contributed by atoms with Crippen molar-refractivity contribution in [1.29, 1.82) is 5.26 Å². The molecule has 1 aliphatic carbocycles. The third-order valence-electron chi connectivity index (χ3n) is 7.70. The number of nitrogens with one attached hydrogen (secondary N) is 1. The van der Waals surface area contributed by atoms with E-state index in [1.54, 1.807) is 36.6 Å². The molecule has 1 saturated carbocycles. The molecule has 0 bridgehead atoms. The van der Waals surface area contributed by atoms with Crippen LogP contribution in [0.5, 0.6) is 11.6 Å². The highest BCUT2D eigenvalue weighted by Crippen LogP contribution is 2.33.